The Labute approximate surface area is 228 Å². The Bertz CT molecular complexity index is 1330. The number of fused-ring (bicyclic) bond motifs is 1. The molecule has 6 heteroatoms. The van der Waals surface area contributed by atoms with Gasteiger partial charge in [-0.1, -0.05) is 80.3 Å². The van der Waals surface area contributed by atoms with Crippen molar-refractivity contribution in [1.29, 1.82) is 0 Å². The Morgan fingerprint density at radius 2 is 1.68 bits per heavy atom. The fourth-order valence-corrected chi connectivity index (χ4v) is 5.86. The first kappa shape index (κ1) is 26.5. The van der Waals surface area contributed by atoms with Gasteiger partial charge in [-0.2, -0.15) is 0 Å². The standard InChI is InChI=1S/C32H40N4OSi/c1-25-12-11-17-35(25)23-29-21-30-31(36(29)24-37-18-19-38(2,3)4)20-28(22-33-30)34-32(26-13-7-5-8-14-26)27-15-9-6-10-16-27/h5-10,13-16,20-22,25H,11-12,17-19,23-24H2,1-4H3/t25-/m0/s1. The number of rotatable bonds is 10. The topological polar surface area (TPSA) is 42.7 Å². The molecule has 0 N–H and O–H groups in total. The Morgan fingerprint density at radius 3 is 2.29 bits per heavy atom. The Kier molecular flexibility index (Phi) is 8.22. The van der Waals surface area contributed by atoms with Gasteiger partial charge in [0.25, 0.3) is 0 Å². The first-order valence-corrected chi connectivity index (χ1v) is 17.6. The van der Waals surface area contributed by atoms with E-state index in [1.807, 2.05) is 18.3 Å². The van der Waals surface area contributed by atoms with E-state index in [2.05, 4.69) is 96.7 Å². The lowest BCUT2D eigenvalue weighted by molar-refractivity contribution is 0.0863. The molecule has 1 aliphatic heterocycles. The fraction of sp³-hybridized carbons (Fsp3) is 0.375. The first-order valence-electron chi connectivity index (χ1n) is 13.9. The molecule has 5 rings (SSSR count). The molecule has 1 saturated heterocycles. The van der Waals surface area contributed by atoms with Crippen LogP contribution in [-0.2, 0) is 18.0 Å². The number of likely N-dealkylation sites (tertiary alicyclic amines) is 1. The zero-order valence-electron chi connectivity index (χ0n) is 23.2. The number of ether oxygens (including phenoxy) is 1. The molecule has 0 spiro atoms. The third kappa shape index (κ3) is 6.49. The van der Waals surface area contributed by atoms with Crippen LogP contribution in [0, 0.1) is 0 Å². The fourth-order valence-electron chi connectivity index (χ4n) is 5.10. The molecule has 1 aliphatic rings. The summed E-state index contributed by atoms with van der Waals surface area (Å²) in [5.41, 5.74) is 7.33. The lowest BCUT2D eigenvalue weighted by Crippen LogP contribution is -2.27. The van der Waals surface area contributed by atoms with E-state index >= 15 is 0 Å². The molecule has 0 radical (unpaired) electrons. The highest BCUT2D eigenvalue weighted by Gasteiger charge is 2.23. The summed E-state index contributed by atoms with van der Waals surface area (Å²) >= 11 is 0. The van der Waals surface area contributed by atoms with Crippen molar-refractivity contribution < 1.29 is 4.74 Å². The normalized spacial score (nSPS) is 16.3. The van der Waals surface area contributed by atoms with Crippen molar-refractivity contribution in [3.05, 3.63) is 95.8 Å². The summed E-state index contributed by atoms with van der Waals surface area (Å²) in [4.78, 5) is 12.6. The van der Waals surface area contributed by atoms with E-state index in [0.717, 1.165) is 59.3 Å². The zero-order chi connectivity index (χ0) is 26.5. The average Bonchev–Trinajstić information content (AvgIpc) is 3.48. The molecule has 38 heavy (non-hydrogen) atoms. The molecule has 1 atom stereocenters. The highest BCUT2D eigenvalue weighted by atomic mass is 28.3. The first-order chi connectivity index (χ1) is 18.4. The minimum atomic E-state index is -1.15. The zero-order valence-corrected chi connectivity index (χ0v) is 24.2. The van der Waals surface area contributed by atoms with Crippen LogP contribution in [0.2, 0.25) is 25.7 Å². The summed E-state index contributed by atoms with van der Waals surface area (Å²) in [6.45, 7) is 12.9. The number of hydrogen-bond donors (Lipinski definition) is 0. The van der Waals surface area contributed by atoms with Crippen LogP contribution in [0.25, 0.3) is 11.0 Å². The van der Waals surface area contributed by atoms with Gasteiger partial charge >= 0.3 is 0 Å². The second-order valence-electron chi connectivity index (χ2n) is 11.7. The van der Waals surface area contributed by atoms with Crippen LogP contribution in [0.15, 0.2) is 84.0 Å². The van der Waals surface area contributed by atoms with Gasteiger partial charge in [0, 0.05) is 44.1 Å². The van der Waals surface area contributed by atoms with Crippen molar-refractivity contribution in [1.82, 2.24) is 14.5 Å². The lowest BCUT2D eigenvalue weighted by Gasteiger charge is -2.22. The molecule has 2 aromatic carbocycles. The molecular weight excluding hydrogens is 484 g/mol. The van der Waals surface area contributed by atoms with Crippen LogP contribution in [0.3, 0.4) is 0 Å². The molecule has 3 heterocycles. The molecule has 0 unspecified atom stereocenters. The maximum absolute atomic E-state index is 6.27. The van der Waals surface area contributed by atoms with Gasteiger partial charge in [-0.3, -0.25) is 9.88 Å². The molecule has 0 bridgehead atoms. The van der Waals surface area contributed by atoms with Crippen LogP contribution < -0.4 is 0 Å². The van der Waals surface area contributed by atoms with E-state index in [1.165, 1.54) is 18.5 Å². The van der Waals surface area contributed by atoms with Gasteiger partial charge < -0.3 is 9.30 Å². The lowest BCUT2D eigenvalue weighted by atomic mass is 10.0. The van der Waals surface area contributed by atoms with Crippen molar-refractivity contribution in [3.63, 3.8) is 0 Å². The predicted octanol–water partition coefficient (Wildman–Crippen LogP) is 7.50. The number of nitrogens with zero attached hydrogens (tertiary/aromatic N) is 4. The van der Waals surface area contributed by atoms with Crippen molar-refractivity contribution in [2.24, 2.45) is 4.99 Å². The molecule has 0 aliphatic carbocycles. The van der Waals surface area contributed by atoms with Gasteiger partial charge in [0.1, 0.15) is 6.73 Å². The number of aliphatic imine (C=N–C) groups is 1. The summed E-state index contributed by atoms with van der Waals surface area (Å²) in [5, 5.41) is 0. The van der Waals surface area contributed by atoms with Gasteiger partial charge in [-0.25, -0.2) is 4.99 Å². The van der Waals surface area contributed by atoms with Crippen molar-refractivity contribution in [3.8, 4) is 0 Å². The molecule has 4 aromatic rings. The summed E-state index contributed by atoms with van der Waals surface area (Å²) < 4.78 is 8.59. The SMILES string of the molecule is C[C@H]1CCCN1Cc1cc2ncc(N=C(c3ccccc3)c3ccccc3)cc2n1COCC[Si](C)(C)C. The second kappa shape index (κ2) is 11.8. The summed E-state index contributed by atoms with van der Waals surface area (Å²) in [6.07, 6.45) is 4.44. The highest BCUT2D eigenvalue weighted by molar-refractivity contribution is 6.76. The Hall–Kier alpha value is -3.06. The smallest absolute Gasteiger partial charge is 0.123 e. The second-order valence-corrected chi connectivity index (χ2v) is 17.3. The third-order valence-corrected chi connectivity index (χ3v) is 9.14. The van der Waals surface area contributed by atoms with Crippen LogP contribution in [0.5, 0.6) is 0 Å². The Balaban J connectivity index is 1.52. The number of benzene rings is 2. The van der Waals surface area contributed by atoms with E-state index < -0.39 is 8.07 Å². The molecule has 0 saturated carbocycles. The molecule has 5 nitrogen and oxygen atoms in total. The van der Waals surface area contributed by atoms with Crippen LogP contribution in [0.4, 0.5) is 5.69 Å². The monoisotopic (exact) mass is 524 g/mol. The van der Waals surface area contributed by atoms with E-state index in [0.29, 0.717) is 12.8 Å². The van der Waals surface area contributed by atoms with Crippen molar-refractivity contribution in [2.75, 3.05) is 13.2 Å². The van der Waals surface area contributed by atoms with E-state index in [1.54, 1.807) is 0 Å². The number of aromatic nitrogens is 2. The van der Waals surface area contributed by atoms with E-state index in [-0.39, 0.29) is 0 Å². The van der Waals surface area contributed by atoms with E-state index in [4.69, 9.17) is 14.7 Å². The minimum absolute atomic E-state index is 0.546. The molecule has 198 valence electrons. The quantitative estimate of drug-likeness (QED) is 0.123. The predicted molar refractivity (Wildman–Crippen MR) is 161 cm³/mol. The molecule has 0 amide bonds. The van der Waals surface area contributed by atoms with Crippen LogP contribution in [-0.4, -0.2) is 47.4 Å². The van der Waals surface area contributed by atoms with Gasteiger partial charge in [0.15, 0.2) is 0 Å². The van der Waals surface area contributed by atoms with Crippen molar-refractivity contribution >= 4 is 30.5 Å². The minimum Gasteiger partial charge on any atom is -0.361 e. The average molecular weight is 525 g/mol. The number of hydrogen-bond acceptors (Lipinski definition) is 4. The summed E-state index contributed by atoms with van der Waals surface area (Å²) in [7, 11) is -1.15. The maximum atomic E-state index is 6.27. The molecule has 1 fully saturated rings. The molecule has 2 aromatic heterocycles. The summed E-state index contributed by atoms with van der Waals surface area (Å²) in [5.74, 6) is 0. The largest absolute Gasteiger partial charge is 0.361 e. The summed E-state index contributed by atoms with van der Waals surface area (Å²) in [6, 6.07) is 27.0. The van der Waals surface area contributed by atoms with Crippen LogP contribution >= 0.6 is 0 Å². The third-order valence-electron chi connectivity index (χ3n) is 7.43. The van der Waals surface area contributed by atoms with Crippen LogP contribution in [0.1, 0.15) is 36.6 Å². The van der Waals surface area contributed by atoms with Crippen molar-refractivity contribution in [2.45, 2.75) is 64.8 Å². The van der Waals surface area contributed by atoms with Gasteiger partial charge in [-0.15, -0.1) is 0 Å². The van der Waals surface area contributed by atoms with Gasteiger partial charge in [0.2, 0.25) is 0 Å². The molecular formula is C32H40N4OSi. The van der Waals surface area contributed by atoms with E-state index in [9.17, 15) is 0 Å². The number of pyridine rings is 1. The maximum Gasteiger partial charge on any atom is 0.123 e. The van der Waals surface area contributed by atoms with Gasteiger partial charge in [0.05, 0.1) is 28.6 Å². The van der Waals surface area contributed by atoms with Gasteiger partial charge in [-0.05, 0) is 44.5 Å². The highest BCUT2D eigenvalue weighted by Crippen LogP contribution is 2.27. The Morgan fingerprint density at radius 1 is 1.00 bits per heavy atom.